The molecule has 0 fully saturated rings. The zero-order chi connectivity index (χ0) is 12.2. The third-order valence-electron chi connectivity index (χ3n) is 2.18. The van der Waals surface area contributed by atoms with Crippen molar-refractivity contribution >= 4 is 17.3 Å². The highest BCUT2D eigenvalue weighted by Gasteiger charge is 2.29. The van der Waals surface area contributed by atoms with Crippen molar-refractivity contribution in [2.45, 2.75) is 24.9 Å². The van der Waals surface area contributed by atoms with Crippen molar-refractivity contribution in [1.29, 1.82) is 0 Å². The van der Waals surface area contributed by atoms with E-state index in [1.54, 1.807) is 0 Å². The maximum absolute atomic E-state index is 12.2. The summed E-state index contributed by atoms with van der Waals surface area (Å²) in [6, 6.07) is 4.92. The second-order valence-electron chi connectivity index (χ2n) is 3.46. The Bertz CT molecular complexity index is 321. The maximum atomic E-state index is 12.2. The fourth-order valence-corrected chi connectivity index (χ4v) is 1.23. The molecule has 0 spiro atoms. The van der Waals surface area contributed by atoms with Crippen LogP contribution < -0.4 is 5.32 Å². The van der Waals surface area contributed by atoms with E-state index in [1.807, 2.05) is 6.92 Å². The van der Waals surface area contributed by atoms with E-state index in [0.29, 0.717) is 12.2 Å². The molecule has 1 aromatic carbocycles. The number of hydrogen-bond donors (Lipinski definition) is 1. The van der Waals surface area contributed by atoms with Crippen molar-refractivity contribution in [3.05, 3.63) is 29.8 Å². The van der Waals surface area contributed by atoms with Gasteiger partial charge in [-0.05, 0) is 30.7 Å². The quantitative estimate of drug-likeness (QED) is 0.794. The highest BCUT2D eigenvalue weighted by molar-refractivity contribution is 6.20. The number of alkyl halides is 4. The van der Waals surface area contributed by atoms with E-state index in [4.69, 9.17) is 11.6 Å². The summed E-state index contributed by atoms with van der Waals surface area (Å²) < 4.78 is 36.7. The van der Waals surface area contributed by atoms with Gasteiger partial charge in [-0.15, -0.1) is 11.6 Å². The lowest BCUT2D eigenvalue weighted by molar-refractivity contribution is -0.137. The van der Waals surface area contributed by atoms with E-state index in [2.05, 4.69) is 5.32 Å². The summed E-state index contributed by atoms with van der Waals surface area (Å²) in [5.41, 5.74) is 0.00284. The molecular formula is C11H13ClF3N. The molecule has 16 heavy (non-hydrogen) atoms. The lowest BCUT2D eigenvalue weighted by Crippen LogP contribution is -2.13. The van der Waals surface area contributed by atoms with E-state index >= 15 is 0 Å². The van der Waals surface area contributed by atoms with Gasteiger partial charge in [0.25, 0.3) is 0 Å². The van der Waals surface area contributed by atoms with Gasteiger partial charge in [-0.2, -0.15) is 13.2 Å². The molecule has 0 aromatic heterocycles. The minimum atomic E-state index is -4.28. The highest BCUT2D eigenvalue weighted by atomic mass is 35.5. The summed E-state index contributed by atoms with van der Waals surface area (Å²) in [6.45, 7) is 2.50. The lowest BCUT2D eigenvalue weighted by Gasteiger charge is -2.11. The van der Waals surface area contributed by atoms with Crippen LogP contribution in [-0.2, 0) is 6.18 Å². The standard InChI is InChI=1S/C11H13ClF3N/c1-2-9(12)7-16-10-5-3-8(4-6-10)11(13,14)15/h3-6,9,16H,2,7H2,1H3. The Morgan fingerprint density at radius 3 is 2.25 bits per heavy atom. The Hall–Kier alpha value is -0.900. The van der Waals surface area contributed by atoms with Crippen molar-refractivity contribution in [2.24, 2.45) is 0 Å². The van der Waals surface area contributed by atoms with Crippen LogP contribution in [0.1, 0.15) is 18.9 Å². The average molecular weight is 252 g/mol. The molecule has 1 N–H and O–H groups in total. The Kier molecular flexibility index (Phi) is 4.47. The molecule has 0 aliphatic rings. The molecule has 1 atom stereocenters. The molecule has 0 saturated carbocycles. The van der Waals surface area contributed by atoms with E-state index < -0.39 is 11.7 Å². The van der Waals surface area contributed by atoms with Crippen molar-refractivity contribution in [2.75, 3.05) is 11.9 Å². The molecule has 0 aliphatic heterocycles. The van der Waals surface area contributed by atoms with Crippen molar-refractivity contribution in [3.8, 4) is 0 Å². The number of rotatable bonds is 4. The van der Waals surface area contributed by atoms with Gasteiger partial charge >= 0.3 is 6.18 Å². The minimum absolute atomic E-state index is 0.0118. The van der Waals surface area contributed by atoms with Crippen LogP contribution in [0.4, 0.5) is 18.9 Å². The topological polar surface area (TPSA) is 12.0 Å². The van der Waals surface area contributed by atoms with Crippen molar-refractivity contribution < 1.29 is 13.2 Å². The second-order valence-corrected chi connectivity index (χ2v) is 4.08. The lowest BCUT2D eigenvalue weighted by atomic mass is 10.2. The first kappa shape index (κ1) is 13.2. The predicted molar refractivity (Wildman–Crippen MR) is 59.9 cm³/mol. The Labute approximate surface area is 97.6 Å². The van der Waals surface area contributed by atoms with Gasteiger partial charge in [0, 0.05) is 12.2 Å². The molecule has 1 nitrogen and oxygen atoms in total. The predicted octanol–water partition coefficient (Wildman–Crippen LogP) is 4.13. The van der Waals surface area contributed by atoms with Crippen LogP contribution in [0.3, 0.4) is 0 Å². The molecule has 0 heterocycles. The van der Waals surface area contributed by atoms with Crippen LogP contribution in [0.25, 0.3) is 0 Å². The average Bonchev–Trinajstić information content (AvgIpc) is 2.25. The summed E-state index contributed by atoms with van der Waals surface area (Å²) in [4.78, 5) is 0. The number of benzene rings is 1. The molecule has 0 bridgehead atoms. The first-order valence-corrected chi connectivity index (χ1v) is 5.42. The third kappa shape index (κ3) is 3.93. The van der Waals surface area contributed by atoms with Gasteiger partial charge in [0.2, 0.25) is 0 Å². The van der Waals surface area contributed by atoms with E-state index in [-0.39, 0.29) is 5.38 Å². The summed E-state index contributed by atoms with van der Waals surface area (Å²) in [5.74, 6) is 0. The fraction of sp³-hybridized carbons (Fsp3) is 0.455. The van der Waals surface area contributed by atoms with Gasteiger partial charge in [0.05, 0.1) is 10.9 Å². The Balaban J connectivity index is 2.58. The van der Waals surface area contributed by atoms with Gasteiger partial charge in [0.15, 0.2) is 0 Å². The summed E-state index contributed by atoms with van der Waals surface area (Å²) in [6.07, 6.45) is -3.47. The van der Waals surface area contributed by atoms with Gasteiger partial charge in [-0.1, -0.05) is 6.92 Å². The number of hydrogen-bond acceptors (Lipinski definition) is 1. The Morgan fingerprint density at radius 2 is 1.81 bits per heavy atom. The van der Waals surface area contributed by atoms with Gasteiger partial charge < -0.3 is 5.32 Å². The molecule has 0 radical (unpaired) electrons. The molecule has 1 unspecified atom stereocenters. The molecule has 90 valence electrons. The van der Waals surface area contributed by atoms with Crippen LogP contribution in [0, 0.1) is 0 Å². The molecule has 5 heteroatoms. The maximum Gasteiger partial charge on any atom is 0.416 e. The number of anilines is 1. The number of halogens is 4. The zero-order valence-electron chi connectivity index (χ0n) is 8.81. The highest BCUT2D eigenvalue weighted by Crippen LogP contribution is 2.29. The molecule has 0 saturated heterocycles. The minimum Gasteiger partial charge on any atom is -0.384 e. The first-order chi connectivity index (χ1) is 7.43. The first-order valence-electron chi connectivity index (χ1n) is 4.98. The van der Waals surface area contributed by atoms with Gasteiger partial charge in [-0.25, -0.2) is 0 Å². The smallest absolute Gasteiger partial charge is 0.384 e. The molecule has 1 aromatic rings. The molecule has 0 aliphatic carbocycles. The normalized spacial score (nSPS) is 13.6. The van der Waals surface area contributed by atoms with E-state index in [0.717, 1.165) is 18.6 Å². The molecular weight excluding hydrogens is 239 g/mol. The van der Waals surface area contributed by atoms with Crippen molar-refractivity contribution in [1.82, 2.24) is 0 Å². The van der Waals surface area contributed by atoms with Crippen LogP contribution >= 0.6 is 11.6 Å². The SMILES string of the molecule is CCC(Cl)CNc1ccc(C(F)(F)F)cc1. The molecule has 1 rings (SSSR count). The van der Waals surface area contributed by atoms with Gasteiger partial charge in [-0.3, -0.25) is 0 Å². The van der Waals surface area contributed by atoms with Gasteiger partial charge in [0.1, 0.15) is 0 Å². The summed E-state index contributed by atoms with van der Waals surface area (Å²) >= 11 is 5.88. The summed E-state index contributed by atoms with van der Waals surface area (Å²) in [5, 5.41) is 2.96. The van der Waals surface area contributed by atoms with E-state index in [1.165, 1.54) is 12.1 Å². The second kappa shape index (κ2) is 5.43. The van der Waals surface area contributed by atoms with Crippen LogP contribution in [0.5, 0.6) is 0 Å². The zero-order valence-corrected chi connectivity index (χ0v) is 9.57. The van der Waals surface area contributed by atoms with Crippen LogP contribution in [0.2, 0.25) is 0 Å². The Morgan fingerprint density at radius 1 is 1.25 bits per heavy atom. The monoisotopic (exact) mass is 251 g/mol. The van der Waals surface area contributed by atoms with Crippen LogP contribution in [0.15, 0.2) is 24.3 Å². The summed E-state index contributed by atoms with van der Waals surface area (Å²) in [7, 11) is 0. The van der Waals surface area contributed by atoms with E-state index in [9.17, 15) is 13.2 Å². The largest absolute Gasteiger partial charge is 0.416 e. The third-order valence-corrected chi connectivity index (χ3v) is 2.65. The molecule has 0 amide bonds. The van der Waals surface area contributed by atoms with Crippen LogP contribution in [-0.4, -0.2) is 11.9 Å². The fourth-order valence-electron chi connectivity index (χ4n) is 1.15. The number of nitrogens with one attached hydrogen (secondary N) is 1. The van der Waals surface area contributed by atoms with Crippen molar-refractivity contribution in [3.63, 3.8) is 0 Å².